The highest BCUT2D eigenvalue weighted by molar-refractivity contribution is 7.80. The molecule has 0 aromatic heterocycles. The van der Waals surface area contributed by atoms with Crippen LogP contribution in [0.1, 0.15) is 10.4 Å². The van der Waals surface area contributed by atoms with E-state index in [-0.39, 0.29) is 5.56 Å². The Balaban J connectivity index is 2.33. The lowest BCUT2D eigenvalue weighted by molar-refractivity contribution is 0.102. The van der Waals surface area contributed by atoms with Gasteiger partial charge in [-0.25, -0.2) is 17.6 Å². The van der Waals surface area contributed by atoms with Crippen molar-refractivity contribution in [1.82, 2.24) is 0 Å². The topological polar surface area (TPSA) is 29.1 Å². The molecule has 1 amide bonds. The van der Waals surface area contributed by atoms with Crippen LogP contribution in [0.25, 0.3) is 0 Å². The number of thiol groups is 1. The second kappa shape index (κ2) is 5.54. The normalized spacial score (nSPS) is 10.4. The van der Waals surface area contributed by atoms with Gasteiger partial charge in [-0.3, -0.25) is 4.79 Å². The number of benzene rings is 2. The minimum absolute atomic E-state index is 0.322. The van der Waals surface area contributed by atoms with Crippen LogP contribution in [-0.2, 0) is 0 Å². The Kier molecular flexibility index (Phi) is 3.99. The number of hydrogen-bond acceptors (Lipinski definition) is 2. The number of anilines is 1. The van der Waals surface area contributed by atoms with E-state index >= 15 is 0 Å². The van der Waals surface area contributed by atoms with Crippen molar-refractivity contribution in [3.8, 4) is 0 Å². The van der Waals surface area contributed by atoms with Crippen LogP contribution in [0.2, 0.25) is 0 Å². The molecule has 104 valence electrons. The molecular formula is C13H7F4NOS. The van der Waals surface area contributed by atoms with E-state index in [9.17, 15) is 22.4 Å². The van der Waals surface area contributed by atoms with Crippen LogP contribution >= 0.6 is 12.6 Å². The summed E-state index contributed by atoms with van der Waals surface area (Å²) < 4.78 is 52.6. The van der Waals surface area contributed by atoms with Crippen LogP contribution in [0.15, 0.2) is 35.2 Å². The standard InChI is InChI=1S/C13H7F4NOS/c14-8-2-1-6(20)5-7(8)13(19)18-10-4-3-9(15)11(16)12(10)17/h1-5,20H,(H,18,19). The zero-order valence-electron chi connectivity index (χ0n) is 9.75. The Morgan fingerprint density at radius 1 is 0.950 bits per heavy atom. The average Bonchev–Trinajstić information content (AvgIpc) is 2.42. The highest BCUT2D eigenvalue weighted by atomic mass is 32.1. The number of hydrogen-bond donors (Lipinski definition) is 2. The van der Waals surface area contributed by atoms with E-state index in [0.29, 0.717) is 11.0 Å². The predicted octanol–water partition coefficient (Wildman–Crippen LogP) is 3.78. The largest absolute Gasteiger partial charge is 0.319 e. The molecule has 0 saturated carbocycles. The summed E-state index contributed by atoms with van der Waals surface area (Å²) in [4.78, 5) is 12.1. The van der Waals surface area contributed by atoms with Gasteiger partial charge >= 0.3 is 0 Å². The van der Waals surface area contributed by atoms with Gasteiger partial charge in [0, 0.05) is 4.90 Å². The molecule has 2 aromatic carbocycles. The zero-order valence-corrected chi connectivity index (χ0v) is 10.6. The summed E-state index contributed by atoms with van der Waals surface area (Å²) in [5, 5.41) is 1.97. The smallest absolute Gasteiger partial charge is 0.258 e. The van der Waals surface area contributed by atoms with Crippen LogP contribution in [0, 0.1) is 23.3 Å². The third-order valence-electron chi connectivity index (χ3n) is 2.48. The summed E-state index contributed by atoms with van der Waals surface area (Å²) >= 11 is 3.94. The van der Waals surface area contributed by atoms with Crippen LogP contribution in [0.4, 0.5) is 23.2 Å². The number of amides is 1. The van der Waals surface area contributed by atoms with Crippen molar-refractivity contribution in [2.45, 2.75) is 4.90 Å². The first-order valence-corrected chi connectivity index (χ1v) is 5.78. The first kappa shape index (κ1) is 14.4. The molecule has 0 radical (unpaired) electrons. The second-order valence-corrected chi connectivity index (χ2v) is 4.36. The molecule has 2 aromatic rings. The Morgan fingerprint density at radius 3 is 2.30 bits per heavy atom. The molecule has 1 N–H and O–H groups in total. The van der Waals surface area contributed by atoms with Gasteiger partial charge in [0.15, 0.2) is 17.5 Å². The minimum atomic E-state index is -1.72. The lowest BCUT2D eigenvalue weighted by Gasteiger charge is -2.08. The first-order chi connectivity index (χ1) is 9.40. The van der Waals surface area contributed by atoms with Crippen LogP contribution in [0.5, 0.6) is 0 Å². The molecule has 0 bridgehead atoms. The van der Waals surface area contributed by atoms with Crippen molar-refractivity contribution in [1.29, 1.82) is 0 Å². The van der Waals surface area contributed by atoms with E-state index in [1.54, 1.807) is 0 Å². The van der Waals surface area contributed by atoms with Crippen molar-refractivity contribution in [3.63, 3.8) is 0 Å². The van der Waals surface area contributed by atoms with E-state index in [1.807, 2.05) is 5.32 Å². The monoisotopic (exact) mass is 301 g/mol. The fourth-order valence-electron chi connectivity index (χ4n) is 1.50. The van der Waals surface area contributed by atoms with Gasteiger partial charge in [-0.05, 0) is 30.3 Å². The maximum absolute atomic E-state index is 13.4. The van der Waals surface area contributed by atoms with E-state index in [1.165, 1.54) is 6.07 Å². The van der Waals surface area contributed by atoms with Gasteiger partial charge in [-0.1, -0.05) is 0 Å². The van der Waals surface area contributed by atoms with Gasteiger partial charge in [-0.15, -0.1) is 12.6 Å². The van der Waals surface area contributed by atoms with E-state index in [0.717, 1.165) is 18.2 Å². The molecule has 0 aliphatic carbocycles. The maximum atomic E-state index is 13.4. The molecule has 0 spiro atoms. The maximum Gasteiger partial charge on any atom is 0.258 e. The Morgan fingerprint density at radius 2 is 1.60 bits per heavy atom. The number of rotatable bonds is 2. The lowest BCUT2D eigenvalue weighted by Crippen LogP contribution is -2.15. The van der Waals surface area contributed by atoms with Crippen molar-refractivity contribution in [2.75, 3.05) is 5.32 Å². The summed E-state index contributed by atoms with van der Waals surface area (Å²) in [5.41, 5.74) is -0.973. The van der Waals surface area contributed by atoms with Crippen molar-refractivity contribution in [3.05, 3.63) is 59.2 Å². The molecule has 0 fully saturated rings. The molecule has 2 nitrogen and oxygen atoms in total. The molecule has 0 atom stereocenters. The third kappa shape index (κ3) is 2.77. The first-order valence-electron chi connectivity index (χ1n) is 5.33. The fourth-order valence-corrected chi connectivity index (χ4v) is 1.70. The van der Waals surface area contributed by atoms with Crippen LogP contribution < -0.4 is 5.32 Å². The Bertz CT molecular complexity index is 690. The molecule has 0 unspecified atom stereocenters. The van der Waals surface area contributed by atoms with Crippen molar-refractivity contribution >= 4 is 24.2 Å². The van der Waals surface area contributed by atoms with Gasteiger partial charge in [0.1, 0.15) is 5.82 Å². The highest BCUT2D eigenvalue weighted by Crippen LogP contribution is 2.21. The number of halogens is 4. The van der Waals surface area contributed by atoms with Crippen LogP contribution in [0.3, 0.4) is 0 Å². The van der Waals surface area contributed by atoms with Crippen molar-refractivity contribution in [2.24, 2.45) is 0 Å². The number of carbonyl (C=O) groups is 1. The second-order valence-electron chi connectivity index (χ2n) is 3.84. The predicted molar refractivity (Wildman–Crippen MR) is 67.9 cm³/mol. The molecule has 0 aliphatic rings. The molecule has 0 saturated heterocycles. The van der Waals surface area contributed by atoms with Gasteiger partial charge < -0.3 is 5.32 Å². The highest BCUT2D eigenvalue weighted by Gasteiger charge is 2.18. The van der Waals surface area contributed by atoms with Crippen molar-refractivity contribution < 1.29 is 22.4 Å². The lowest BCUT2D eigenvalue weighted by atomic mass is 10.2. The summed E-state index contributed by atoms with van der Waals surface area (Å²) in [6.45, 7) is 0. The third-order valence-corrected chi connectivity index (χ3v) is 2.76. The summed E-state index contributed by atoms with van der Waals surface area (Å²) in [6, 6.07) is 4.96. The van der Waals surface area contributed by atoms with Gasteiger partial charge in [0.25, 0.3) is 5.91 Å². The molecule has 2 rings (SSSR count). The van der Waals surface area contributed by atoms with Gasteiger partial charge in [0.2, 0.25) is 0 Å². The number of nitrogens with one attached hydrogen (secondary N) is 1. The van der Waals surface area contributed by atoms with E-state index in [4.69, 9.17) is 0 Å². The van der Waals surface area contributed by atoms with E-state index < -0.39 is 34.9 Å². The summed E-state index contributed by atoms with van der Waals surface area (Å²) in [7, 11) is 0. The number of carbonyl (C=O) groups excluding carboxylic acids is 1. The molecule has 20 heavy (non-hydrogen) atoms. The molecular weight excluding hydrogens is 294 g/mol. The average molecular weight is 301 g/mol. The van der Waals surface area contributed by atoms with Gasteiger partial charge in [-0.2, -0.15) is 0 Å². The van der Waals surface area contributed by atoms with Crippen LogP contribution in [-0.4, -0.2) is 5.91 Å². The summed E-state index contributed by atoms with van der Waals surface area (Å²) in [6.07, 6.45) is 0. The zero-order chi connectivity index (χ0) is 14.9. The molecule has 7 heteroatoms. The SMILES string of the molecule is O=C(Nc1ccc(F)c(F)c1F)c1cc(S)ccc1F. The Hall–Kier alpha value is -2.02. The molecule has 0 aliphatic heterocycles. The summed E-state index contributed by atoms with van der Waals surface area (Å²) in [5.74, 6) is -6.50. The quantitative estimate of drug-likeness (QED) is 0.493. The van der Waals surface area contributed by atoms with Gasteiger partial charge in [0.05, 0.1) is 11.3 Å². The fraction of sp³-hybridized carbons (Fsp3) is 0. The minimum Gasteiger partial charge on any atom is -0.319 e. The molecule has 0 heterocycles. The van der Waals surface area contributed by atoms with E-state index in [2.05, 4.69) is 12.6 Å². The Labute approximate surface area is 116 Å².